The Labute approximate surface area is 209 Å². The Bertz CT molecular complexity index is 1010. The lowest BCUT2D eigenvalue weighted by atomic mass is 9.95. The first kappa shape index (κ1) is 25.6. The molecule has 3 unspecified atom stereocenters. The molecule has 36 heavy (non-hydrogen) atoms. The van der Waals surface area contributed by atoms with E-state index in [0.717, 1.165) is 11.1 Å². The topological polar surface area (TPSA) is 136 Å². The molecule has 0 spiro atoms. The van der Waals surface area contributed by atoms with Gasteiger partial charge in [-0.2, -0.15) is 0 Å². The Morgan fingerprint density at radius 1 is 0.778 bits per heavy atom. The Balaban J connectivity index is 1.54. The van der Waals surface area contributed by atoms with Crippen LogP contribution >= 0.6 is 0 Å². The molecule has 0 saturated carbocycles. The van der Waals surface area contributed by atoms with Crippen molar-refractivity contribution < 1.29 is 38.7 Å². The van der Waals surface area contributed by atoms with E-state index in [0.29, 0.717) is 48.9 Å². The van der Waals surface area contributed by atoms with Crippen molar-refractivity contribution >= 4 is 23.3 Å². The third-order valence-corrected chi connectivity index (χ3v) is 6.77. The molecule has 2 saturated heterocycles. The van der Waals surface area contributed by atoms with Gasteiger partial charge in [-0.3, -0.25) is 9.59 Å². The number of carbonyl (C=O) groups is 2. The van der Waals surface area contributed by atoms with Gasteiger partial charge in [-0.15, -0.1) is 0 Å². The SMILES string of the molecule is COc1cc(-c2ccc(N[C@@H]3CCOCC3C(=O)O)c(OC)c2)ccc1NC1CCOCC1C(=O)O. The summed E-state index contributed by atoms with van der Waals surface area (Å²) >= 11 is 0. The van der Waals surface area contributed by atoms with Crippen LogP contribution in [0.1, 0.15) is 12.8 Å². The maximum absolute atomic E-state index is 11.6. The maximum Gasteiger partial charge on any atom is 0.310 e. The predicted octanol–water partition coefficient (Wildman–Crippen LogP) is 3.17. The number of hydrogen-bond acceptors (Lipinski definition) is 8. The third kappa shape index (κ3) is 5.66. The van der Waals surface area contributed by atoms with E-state index in [-0.39, 0.29) is 25.3 Å². The van der Waals surface area contributed by atoms with Gasteiger partial charge in [0.2, 0.25) is 0 Å². The lowest BCUT2D eigenvalue weighted by Gasteiger charge is -2.31. The second kappa shape index (κ2) is 11.5. The van der Waals surface area contributed by atoms with Gasteiger partial charge in [0.05, 0.1) is 38.8 Å². The summed E-state index contributed by atoms with van der Waals surface area (Å²) in [6.45, 7) is 1.36. The molecule has 2 heterocycles. The molecule has 4 N–H and O–H groups in total. The summed E-state index contributed by atoms with van der Waals surface area (Å²) in [5.74, 6) is -1.86. The van der Waals surface area contributed by atoms with Gasteiger partial charge in [0, 0.05) is 25.3 Å². The van der Waals surface area contributed by atoms with Gasteiger partial charge in [-0.1, -0.05) is 12.1 Å². The molecule has 0 aromatic heterocycles. The van der Waals surface area contributed by atoms with Crippen molar-refractivity contribution in [2.45, 2.75) is 24.9 Å². The number of carboxylic acids is 2. The minimum absolute atomic E-state index is 0.175. The van der Waals surface area contributed by atoms with Crippen molar-refractivity contribution in [1.82, 2.24) is 0 Å². The van der Waals surface area contributed by atoms with Gasteiger partial charge in [0.25, 0.3) is 0 Å². The molecule has 10 nitrogen and oxygen atoms in total. The fourth-order valence-corrected chi connectivity index (χ4v) is 4.69. The Morgan fingerprint density at radius 3 is 1.56 bits per heavy atom. The van der Waals surface area contributed by atoms with Crippen LogP contribution in [-0.2, 0) is 19.1 Å². The van der Waals surface area contributed by atoms with Crippen LogP contribution in [0.4, 0.5) is 11.4 Å². The minimum Gasteiger partial charge on any atom is -0.495 e. The Kier molecular flexibility index (Phi) is 8.17. The van der Waals surface area contributed by atoms with Crippen LogP contribution in [0, 0.1) is 11.8 Å². The summed E-state index contributed by atoms with van der Waals surface area (Å²) in [5.41, 5.74) is 3.20. The summed E-state index contributed by atoms with van der Waals surface area (Å²) in [4.78, 5) is 23.2. The normalized spacial score (nSPS) is 23.9. The number of nitrogens with one attached hydrogen (secondary N) is 2. The van der Waals surface area contributed by atoms with E-state index in [4.69, 9.17) is 18.9 Å². The lowest BCUT2D eigenvalue weighted by Crippen LogP contribution is -2.42. The van der Waals surface area contributed by atoms with Crippen LogP contribution in [0.5, 0.6) is 11.5 Å². The maximum atomic E-state index is 11.6. The molecule has 2 aliphatic heterocycles. The fourth-order valence-electron chi connectivity index (χ4n) is 4.69. The monoisotopic (exact) mass is 500 g/mol. The molecule has 0 aliphatic carbocycles. The van der Waals surface area contributed by atoms with Crippen LogP contribution in [0.25, 0.3) is 11.1 Å². The number of ether oxygens (including phenoxy) is 4. The van der Waals surface area contributed by atoms with Crippen molar-refractivity contribution in [2.24, 2.45) is 11.8 Å². The number of methoxy groups -OCH3 is 2. The summed E-state index contributed by atoms with van der Waals surface area (Å²) < 4.78 is 21.9. The van der Waals surface area contributed by atoms with E-state index in [1.54, 1.807) is 14.2 Å². The van der Waals surface area contributed by atoms with E-state index in [9.17, 15) is 19.8 Å². The third-order valence-electron chi connectivity index (χ3n) is 6.77. The van der Waals surface area contributed by atoms with Gasteiger partial charge < -0.3 is 39.8 Å². The first-order valence-electron chi connectivity index (χ1n) is 11.9. The molecule has 4 rings (SSSR count). The predicted molar refractivity (Wildman–Crippen MR) is 133 cm³/mol. The number of benzene rings is 2. The Morgan fingerprint density at radius 2 is 1.19 bits per heavy atom. The fraction of sp³-hybridized carbons (Fsp3) is 0.462. The number of carboxylic acid groups (broad SMARTS) is 2. The van der Waals surface area contributed by atoms with E-state index in [1.165, 1.54) is 0 Å². The molecular weight excluding hydrogens is 468 g/mol. The number of hydrogen-bond donors (Lipinski definition) is 4. The van der Waals surface area contributed by atoms with Gasteiger partial charge in [-0.25, -0.2) is 0 Å². The molecule has 10 heteroatoms. The number of aliphatic carboxylic acids is 2. The standard InChI is InChI=1S/C26H32N2O8/c1-33-23-11-15(3-5-21(23)27-19-7-9-35-13-17(19)25(29)30)16-4-6-22(24(12-16)34-2)28-20-8-10-36-14-18(20)26(31)32/h3-6,11-12,17-20,27-28H,7-10,13-14H2,1-2H3,(H,29,30)(H,31,32)/t17?,18?,19-,20?/m1/s1. The quantitative estimate of drug-likeness (QED) is 0.406. The van der Waals surface area contributed by atoms with Crippen molar-refractivity contribution in [2.75, 3.05) is 51.3 Å². The molecule has 4 atom stereocenters. The molecular formula is C26H32N2O8. The molecule has 0 radical (unpaired) electrons. The van der Waals surface area contributed by atoms with Crippen molar-refractivity contribution in [3.63, 3.8) is 0 Å². The largest absolute Gasteiger partial charge is 0.495 e. The van der Waals surface area contributed by atoms with Crippen LogP contribution in [0.3, 0.4) is 0 Å². The van der Waals surface area contributed by atoms with Gasteiger partial charge in [0.15, 0.2) is 0 Å². The molecule has 2 aliphatic rings. The minimum atomic E-state index is -0.890. The summed E-state index contributed by atoms with van der Waals surface area (Å²) in [6.07, 6.45) is 1.17. The van der Waals surface area contributed by atoms with Crippen molar-refractivity contribution in [3.05, 3.63) is 36.4 Å². The summed E-state index contributed by atoms with van der Waals surface area (Å²) in [7, 11) is 3.15. The zero-order chi connectivity index (χ0) is 25.7. The van der Waals surface area contributed by atoms with E-state index >= 15 is 0 Å². The van der Waals surface area contributed by atoms with Gasteiger partial charge >= 0.3 is 11.9 Å². The average molecular weight is 501 g/mol. The smallest absolute Gasteiger partial charge is 0.310 e. The van der Waals surface area contributed by atoms with E-state index in [1.807, 2.05) is 36.4 Å². The van der Waals surface area contributed by atoms with Gasteiger partial charge in [0.1, 0.15) is 23.3 Å². The molecule has 2 fully saturated rings. The average Bonchev–Trinajstić information content (AvgIpc) is 2.89. The lowest BCUT2D eigenvalue weighted by molar-refractivity contribution is -0.147. The van der Waals surface area contributed by atoms with Crippen LogP contribution < -0.4 is 20.1 Å². The molecule has 2 aromatic carbocycles. The first-order valence-corrected chi connectivity index (χ1v) is 11.9. The van der Waals surface area contributed by atoms with Crippen molar-refractivity contribution in [3.8, 4) is 22.6 Å². The summed E-state index contributed by atoms with van der Waals surface area (Å²) in [6, 6.07) is 10.9. The molecule has 0 bridgehead atoms. The van der Waals surface area contributed by atoms with Crippen molar-refractivity contribution in [1.29, 1.82) is 0 Å². The number of rotatable bonds is 9. The highest BCUT2D eigenvalue weighted by Gasteiger charge is 2.33. The zero-order valence-corrected chi connectivity index (χ0v) is 20.4. The second-order valence-corrected chi connectivity index (χ2v) is 8.95. The highest BCUT2D eigenvalue weighted by Crippen LogP contribution is 2.36. The summed E-state index contributed by atoms with van der Waals surface area (Å²) in [5, 5.41) is 25.7. The van der Waals surface area contributed by atoms with Crippen LogP contribution in [-0.4, -0.2) is 74.9 Å². The zero-order valence-electron chi connectivity index (χ0n) is 20.4. The van der Waals surface area contributed by atoms with Crippen LogP contribution in [0.15, 0.2) is 36.4 Å². The first-order chi connectivity index (χ1) is 17.4. The van der Waals surface area contributed by atoms with E-state index < -0.39 is 23.8 Å². The molecule has 0 amide bonds. The Hall–Kier alpha value is -3.50. The molecule has 194 valence electrons. The molecule has 2 aromatic rings. The highest BCUT2D eigenvalue weighted by atomic mass is 16.5. The van der Waals surface area contributed by atoms with E-state index in [2.05, 4.69) is 10.6 Å². The number of anilines is 2. The second-order valence-electron chi connectivity index (χ2n) is 8.95. The van der Waals surface area contributed by atoms with Crippen LogP contribution in [0.2, 0.25) is 0 Å². The van der Waals surface area contributed by atoms with Gasteiger partial charge in [-0.05, 0) is 48.2 Å². The highest BCUT2D eigenvalue weighted by molar-refractivity contribution is 5.77.